The number of halogens is 2. The molecule has 0 bridgehead atoms. The number of rotatable bonds is 4. The molecule has 0 radical (unpaired) electrons. The molecule has 1 aromatic rings. The monoisotopic (exact) mass is 251 g/mol. The Bertz CT molecular complexity index is 488. The molecule has 1 aromatic carbocycles. The molecule has 0 heterocycles. The van der Waals surface area contributed by atoms with Gasteiger partial charge in [-0.1, -0.05) is 0 Å². The maximum Gasteiger partial charge on any atom is 0.167 e. The van der Waals surface area contributed by atoms with Crippen molar-refractivity contribution in [1.82, 2.24) is 0 Å². The highest BCUT2D eigenvalue weighted by Gasteiger charge is 2.10. The summed E-state index contributed by atoms with van der Waals surface area (Å²) in [6.07, 6.45) is 1.02. The van der Waals surface area contributed by atoms with Crippen molar-refractivity contribution in [3.8, 4) is 5.75 Å². The first-order valence-electron chi connectivity index (χ1n) is 4.34. The summed E-state index contributed by atoms with van der Waals surface area (Å²) in [7, 11) is -3.19. The second kappa shape index (κ2) is 4.65. The Kier molecular flexibility index (Phi) is 3.69. The number of ether oxygens (including phenoxy) is 1. The number of sulfone groups is 1. The molecule has 90 valence electrons. The lowest BCUT2D eigenvalue weighted by molar-refractivity contribution is 0.320. The zero-order chi connectivity index (χ0) is 12.3. The van der Waals surface area contributed by atoms with E-state index in [9.17, 15) is 17.2 Å². The van der Waals surface area contributed by atoms with Crippen LogP contribution < -0.4 is 10.5 Å². The molecule has 0 fully saturated rings. The highest BCUT2D eigenvalue weighted by Crippen LogP contribution is 2.22. The summed E-state index contributed by atoms with van der Waals surface area (Å²) in [4.78, 5) is 0. The number of hydrogen-bond donors (Lipinski definition) is 1. The van der Waals surface area contributed by atoms with E-state index in [1.54, 1.807) is 0 Å². The number of benzene rings is 1. The van der Waals surface area contributed by atoms with E-state index in [1.165, 1.54) is 0 Å². The Balaban J connectivity index is 2.71. The van der Waals surface area contributed by atoms with Gasteiger partial charge < -0.3 is 10.5 Å². The normalized spacial score (nSPS) is 11.4. The summed E-state index contributed by atoms with van der Waals surface area (Å²) in [5.74, 6) is -2.25. The summed E-state index contributed by atoms with van der Waals surface area (Å²) in [6.45, 7) is -0.237. The van der Waals surface area contributed by atoms with Gasteiger partial charge in [0.25, 0.3) is 0 Å². The SMILES string of the molecule is CS(=O)(=O)CCOc1cc(F)c(N)cc1F. The molecule has 0 atom stereocenters. The first-order valence-corrected chi connectivity index (χ1v) is 6.40. The molecule has 0 spiro atoms. The summed E-state index contributed by atoms with van der Waals surface area (Å²) < 4.78 is 52.4. The van der Waals surface area contributed by atoms with Crippen molar-refractivity contribution >= 4 is 15.5 Å². The van der Waals surface area contributed by atoms with Crippen molar-refractivity contribution in [1.29, 1.82) is 0 Å². The number of hydrogen-bond acceptors (Lipinski definition) is 4. The minimum atomic E-state index is -3.19. The summed E-state index contributed by atoms with van der Waals surface area (Å²) in [5, 5.41) is 0. The summed E-state index contributed by atoms with van der Waals surface area (Å²) >= 11 is 0. The van der Waals surface area contributed by atoms with Crippen LogP contribution in [0.1, 0.15) is 0 Å². The Morgan fingerprint density at radius 1 is 1.31 bits per heavy atom. The molecule has 0 aliphatic heterocycles. The highest BCUT2D eigenvalue weighted by atomic mass is 32.2. The first kappa shape index (κ1) is 12.7. The van der Waals surface area contributed by atoms with E-state index in [2.05, 4.69) is 0 Å². The molecule has 1 rings (SSSR count). The van der Waals surface area contributed by atoms with E-state index in [4.69, 9.17) is 10.5 Å². The third kappa shape index (κ3) is 3.65. The lowest BCUT2D eigenvalue weighted by Gasteiger charge is -2.07. The average molecular weight is 251 g/mol. The Labute approximate surface area is 91.9 Å². The van der Waals surface area contributed by atoms with Gasteiger partial charge in [-0.05, 0) is 0 Å². The topological polar surface area (TPSA) is 69.4 Å². The van der Waals surface area contributed by atoms with Crippen molar-refractivity contribution < 1.29 is 21.9 Å². The number of nitrogen functional groups attached to an aromatic ring is 1. The molecule has 7 heteroatoms. The molecule has 4 nitrogen and oxygen atoms in total. The van der Waals surface area contributed by atoms with Gasteiger partial charge in [-0.15, -0.1) is 0 Å². The van der Waals surface area contributed by atoms with Crippen LogP contribution in [0.5, 0.6) is 5.75 Å². The number of anilines is 1. The molecule has 0 aliphatic rings. The van der Waals surface area contributed by atoms with Crippen molar-refractivity contribution in [2.24, 2.45) is 0 Å². The lowest BCUT2D eigenvalue weighted by Crippen LogP contribution is -2.12. The third-order valence-electron chi connectivity index (χ3n) is 1.76. The van der Waals surface area contributed by atoms with E-state index >= 15 is 0 Å². The zero-order valence-electron chi connectivity index (χ0n) is 8.54. The highest BCUT2D eigenvalue weighted by molar-refractivity contribution is 7.90. The fourth-order valence-electron chi connectivity index (χ4n) is 0.958. The first-order chi connectivity index (χ1) is 7.29. The van der Waals surface area contributed by atoms with Crippen LogP contribution in [-0.4, -0.2) is 27.0 Å². The van der Waals surface area contributed by atoms with E-state index in [1.807, 2.05) is 0 Å². The van der Waals surface area contributed by atoms with Crippen LogP contribution in [0.2, 0.25) is 0 Å². The van der Waals surface area contributed by atoms with Crippen LogP contribution in [0, 0.1) is 11.6 Å². The van der Waals surface area contributed by atoms with Crippen LogP contribution in [0.3, 0.4) is 0 Å². The predicted octanol–water partition coefficient (Wildman–Crippen LogP) is 0.970. The van der Waals surface area contributed by atoms with Crippen molar-refractivity contribution in [2.75, 3.05) is 24.3 Å². The van der Waals surface area contributed by atoms with Crippen LogP contribution in [0.25, 0.3) is 0 Å². The Morgan fingerprint density at radius 2 is 1.94 bits per heavy atom. The van der Waals surface area contributed by atoms with Gasteiger partial charge >= 0.3 is 0 Å². The molecule has 2 N–H and O–H groups in total. The van der Waals surface area contributed by atoms with E-state index in [0.29, 0.717) is 0 Å². The van der Waals surface area contributed by atoms with Crippen LogP contribution in [0.4, 0.5) is 14.5 Å². The van der Waals surface area contributed by atoms with Crippen LogP contribution >= 0.6 is 0 Å². The second-order valence-corrected chi connectivity index (χ2v) is 5.54. The van der Waals surface area contributed by atoms with Gasteiger partial charge in [-0.25, -0.2) is 17.2 Å². The van der Waals surface area contributed by atoms with Crippen molar-refractivity contribution in [3.05, 3.63) is 23.8 Å². The molecule has 0 aromatic heterocycles. The maximum absolute atomic E-state index is 13.1. The molecule has 0 saturated heterocycles. The molecule has 16 heavy (non-hydrogen) atoms. The Hall–Kier alpha value is -1.37. The molecule has 0 saturated carbocycles. The second-order valence-electron chi connectivity index (χ2n) is 3.28. The fourth-order valence-corrected chi connectivity index (χ4v) is 1.34. The summed E-state index contributed by atoms with van der Waals surface area (Å²) in [6, 6.07) is 1.57. The quantitative estimate of drug-likeness (QED) is 0.809. The van der Waals surface area contributed by atoms with Crippen LogP contribution in [0.15, 0.2) is 12.1 Å². The van der Waals surface area contributed by atoms with Gasteiger partial charge in [-0.2, -0.15) is 0 Å². The fraction of sp³-hybridized carbons (Fsp3) is 0.333. The zero-order valence-corrected chi connectivity index (χ0v) is 9.35. The van der Waals surface area contributed by atoms with E-state index in [0.717, 1.165) is 18.4 Å². The van der Waals surface area contributed by atoms with Gasteiger partial charge in [0.15, 0.2) is 21.4 Å². The van der Waals surface area contributed by atoms with Gasteiger partial charge in [-0.3, -0.25) is 0 Å². The van der Waals surface area contributed by atoms with Gasteiger partial charge in [0, 0.05) is 18.4 Å². The summed E-state index contributed by atoms with van der Waals surface area (Å²) in [5.41, 5.74) is 4.80. The van der Waals surface area contributed by atoms with Gasteiger partial charge in [0.1, 0.15) is 12.4 Å². The minimum absolute atomic E-state index is 0.237. The molecular weight excluding hydrogens is 240 g/mol. The van der Waals surface area contributed by atoms with Gasteiger partial charge in [0.05, 0.1) is 11.4 Å². The smallest absolute Gasteiger partial charge is 0.167 e. The van der Waals surface area contributed by atoms with E-state index < -0.39 is 21.5 Å². The van der Waals surface area contributed by atoms with Gasteiger partial charge in [0.2, 0.25) is 0 Å². The largest absolute Gasteiger partial charge is 0.489 e. The minimum Gasteiger partial charge on any atom is -0.489 e. The van der Waals surface area contributed by atoms with E-state index in [-0.39, 0.29) is 23.8 Å². The molecular formula is C9H11F2NO3S. The molecule has 0 amide bonds. The number of nitrogens with two attached hydrogens (primary N) is 1. The predicted molar refractivity (Wildman–Crippen MR) is 56.0 cm³/mol. The average Bonchev–Trinajstić information content (AvgIpc) is 2.11. The molecule has 0 aliphatic carbocycles. The standard InChI is InChI=1S/C9H11F2NO3S/c1-16(13,14)3-2-15-9-5-6(10)8(12)4-7(9)11/h4-5H,2-3,12H2,1H3. The Morgan fingerprint density at radius 3 is 2.50 bits per heavy atom. The van der Waals surface area contributed by atoms with Crippen molar-refractivity contribution in [3.63, 3.8) is 0 Å². The van der Waals surface area contributed by atoms with Crippen LogP contribution in [-0.2, 0) is 9.84 Å². The maximum atomic E-state index is 13.1. The third-order valence-corrected chi connectivity index (χ3v) is 2.67. The lowest BCUT2D eigenvalue weighted by atomic mass is 10.3. The van der Waals surface area contributed by atoms with Crippen molar-refractivity contribution in [2.45, 2.75) is 0 Å². The molecule has 0 unspecified atom stereocenters.